The van der Waals surface area contributed by atoms with Crippen molar-refractivity contribution in [3.63, 3.8) is 0 Å². The van der Waals surface area contributed by atoms with E-state index < -0.39 is 0 Å². The Morgan fingerprint density at radius 1 is 1.28 bits per heavy atom. The number of thiazole rings is 1. The van der Waals surface area contributed by atoms with Crippen LogP contribution in [0.5, 0.6) is 0 Å². The molecule has 5 heteroatoms. The summed E-state index contributed by atoms with van der Waals surface area (Å²) in [6, 6.07) is 2.00. The number of rotatable bonds is 4. The monoisotopic (exact) mass is 262 g/mol. The number of aryl methyl sites for hydroxylation is 1. The first-order chi connectivity index (χ1) is 8.58. The molecule has 0 aromatic carbocycles. The maximum Gasteiger partial charge on any atom is 0.137 e. The molecule has 0 unspecified atom stereocenters. The molecule has 2 aromatic rings. The van der Waals surface area contributed by atoms with E-state index in [9.17, 15) is 0 Å². The average Bonchev–Trinajstić information content (AvgIpc) is 2.74. The highest BCUT2D eigenvalue weighted by Crippen LogP contribution is 2.18. The molecule has 0 radical (unpaired) electrons. The molecule has 0 spiro atoms. The van der Waals surface area contributed by atoms with E-state index in [4.69, 9.17) is 0 Å². The van der Waals surface area contributed by atoms with Gasteiger partial charge in [-0.1, -0.05) is 13.8 Å². The van der Waals surface area contributed by atoms with Crippen molar-refractivity contribution in [1.82, 2.24) is 15.0 Å². The third-order valence-corrected chi connectivity index (χ3v) is 3.58. The molecule has 0 fully saturated rings. The largest absolute Gasteiger partial charge is 0.373 e. The standard InChI is InChI=1S/C13H18N4S/c1-8(2)10-5-11(14-4)17-12(16-10)6-13-15-9(3)7-18-13/h5,7-8H,6H2,1-4H3,(H,14,16,17). The summed E-state index contributed by atoms with van der Waals surface area (Å²) in [7, 11) is 1.88. The summed E-state index contributed by atoms with van der Waals surface area (Å²) >= 11 is 1.66. The first-order valence-corrected chi connectivity index (χ1v) is 6.93. The molecule has 96 valence electrons. The second-order valence-corrected chi connectivity index (χ2v) is 5.50. The van der Waals surface area contributed by atoms with Crippen molar-refractivity contribution in [2.45, 2.75) is 33.1 Å². The van der Waals surface area contributed by atoms with Gasteiger partial charge >= 0.3 is 0 Å². The maximum atomic E-state index is 4.60. The highest BCUT2D eigenvalue weighted by molar-refractivity contribution is 7.09. The lowest BCUT2D eigenvalue weighted by molar-refractivity contribution is 0.791. The topological polar surface area (TPSA) is 50.7 Å². The summed E-state index contributed by atoms with van der Waals surface area (Å²) < 4.78 is 0. The van der Waals surface area contributed by atoms with E-state index >= 15 is 0 Å². The Morgan fingerprint density at radius 3 is 2.61 bits per heavy atom. The van der Waals surface area contributed by atoms with Crippen LogP contribution >= 0.6 is 11.3 Å². The summed E-state index contributed by atoms with van der Waals surface area (Å²) in [4.78, 5) is 13.5. The highest BCUT2D eigenvalue weighted by atomic mass is 32.1. The fourth-order valence-corrected chi connectivity index (χ4v) is 2.41. The zero-order chi connectivity index (χ0) is 13.1. The van der Waals surface area contributed by atoms with Gasteiger partial charge in [0.15, 0.2) is 0 Å². The van der Waals surface area contributed by atoms with Gasteiger partial charge in [0.05, 0.1) is 6.42 Å². The van der Waals surface area contributed by atoms with Crippen LogP contribution < -0.4 is 5.32 Å². The zero-order valence-electron chi connectivity index (χ0n) is 11.2. The van der Waals surface area contributed by atoms with Crippen molar-refractivity contribution in [2.24, 2.45) is 0 Å². The number of nitrogens with zero attached hydrogens (tertiary/aromatic N) is 3. The van der Waals surface area contributed by atoms with Crippen molar-refractivity contribution in [3.8, 4) is 0 Å². The predicted octanol–water partition coefficient (Wildman–Crippen LogP) is 3.00. The first kappa shape index (κ1) is 13.0. The van der Waals surface area contributed by atoms with Gasteiger partial charge in [-0.3, -0.25) is 0 Å². The molecule has 4 nitrogen and oxygen atoms in total. The predicted molar refractivity (Wildman–Crippen MR) is 75.3 cm³/mol. The molecule has 2 heterocycles. The van der Waals surface area contributed by atoms with Crippen LogP contribution in [0.4, 0.5) is 5.82 Å². The van der Waals surface area contributed by atoms with E-state index in [1.807, 2.05) is 20.0 Å². The Kier molecular flexibility index (Phi) is 3.91. The molecule has 2 aromatic heterocycles. The van der Waals surface area contributed by atoms with Crippen molar-refractivity contribution < 1.29 is 0 Å². The Morgan fingerprint density at radius 2 is 2.06 bits per heavy atom. The van der Waals surface area contributed by atoms with Crippen molar-refractivity contribution in [1.29, 1.82) is 0 Å². The van der Waals surface area contributed by atoms with Crippen LogP contribution in [-0.2, 0) is 6.42 Å². The molecule has 0 bridgehead atoms. The van der Waals surface area contributed by atoms with Gasteiger partial charge in [-0.25, -0.2) is 15.0 Å². The van der Waals surface area contributed by atoms with E-state index in [-0.39, 0.29) is 0 Å². The van der Waals surface area contributed by atoms with Crippen molar-refractivity contribution in [3.05, 3.63) is 33.7 Å². The quantitative estimate of drug-likeness (QED) is 0.920. The number of anilines is 1. The molecule has 0 saturated carbocycles. The van der Waals surface area contributed by atoms with Gasteiger partial charge in [-0.2, -0.15) is 0 Å². The Balaban J connectivity index is 2.29. The lowest BCUT2D eigenvalue weighted by atomic mass is 10.1. The van der Waals surface area contributed by atoms with Gasteiger partial charge < -0.3 is 5.32 Å². The first-order valence-electron chi connectivity index (χ1n) is 6.05. The number of nitrogens with one attached hydrogen (secondary N) is 1. The number of aromatic nitrogens is 3. The SMILES string of the molecule is CNc1cc(C(C)C)nc(Cc2nc(C)cs2)n1. The third kappa shape index (κ3) is 3.04. The molecule has 18 heavy (non-hydrogen) atoms. The molecular weight excluding hydrogens is 244 g/mol. The molecule has 0 atom stereocenters. The molecular formula is C13H18N4S. The Labute approximate surface area is 112 Å². The van der Waals surface area contributed by atoms with Crippen molar-refractivity contribution in [2.75, 3.05) is 12.4 Å². The molecule has 0 aliphatic rings. The summed E-state index contributed by atoms with van der Waals surface area (Å²) in [6.07, 6.45) is 0.702. The van der Waals surface area contributed by atoms with Gasteiger partial charge in [0, 0.05) is 29.9 Å². The molecule has 2 rings (SSSR count). The third-order valence-electron chi connectivity index (χ3n) is 2.62. The van der Waals surface area contributed by atoms with Crippen LogP contribution in [0.15, 0.2) is 11.4 Å². The van der Waals surface area contributed by atoms with Crippen molar-refractivity contribution >= 4 is 17.2 Å². The number of hydrogen-bond acceptors (Lipinski definition) is 5. The summed E-state index contributed by atoms with van der Waals surface area (Å²) in [5.74, 6) is 2.11. The average molecular weight is 262 g/mol. The van der Waals surface area contributed by atoms with E-state index in [0.717, 1.165) is 28.0 Å². The van der Waals surface area contributed by atoms with Gasteiger partial charge in [0.1, 0.15) is 16.6 Å². The van der Waals surface area contributed by atoms with Crippen LogP contribution in [-0.4, -0.2) is 22.0 Å². The normalized spacial score (nSPS) is 10.9. The fourth-order valence-electron chi connectivity index (χ4n) is 1.64. The lowest BCUT2D eigenvalue weighted by Crippen LogP contribution is -2.05. The van der Waals surface area contributed by atoms with Crippen LogP contribution in [0.25, 0.3) is 0 Å². The second-order valence-electron chi connectivity index (χ2n) is 4.56. The minimum atomic E-state index is 0.400. The molecule has 0 amide bonds. The molecule has 0 aliphatic heterocycles. The van der Waals surface area contributed by atoms with Gasteiger partial charge in [-0.05, 0) is 12.8 Å². The Bertz CT molecular complexity index is 534. The van der Waals surface area contributed by atoms with Crippen LogP contribution in [0, 0.1) is 6.92 Å². The fraction of sp³-hybridized carbons (Fsp3) is 0.462. The van der Waals surface area contributed by atoms with Crippen LogP contribution in [0.1, 0.15) is 42.0 Å². The number of hydrogen-bond donors (Lipinski definition) is 1. The summed E-state index contributed by atoms with van der Waals surface area (Å²) in [5.41, 5.74) is 2.13. The van der Waals surface area contributed by atoms with E-state index in [1.165, 1.54) is 0 Å². The van der Waals surface area contributed by atoms with E-state index in [0.29, 0.717) is 12.3 Å². The van der Waals surface area contributed by atoms with E-state index in [1.54, 1.807) is 11.3 Å². The Hall–Kier alpha value is -1.49. The molecule has 0 aliphatic carbocycles. The second kappa shape index (κ2) is 5.44. The maximum absolute atomic E-state index is 4.60. The van der Waals surface area contributed by atoms with Crippen LogP contribution in [0.2, 0.25) is 0 Å². The van der Waals surface area contributed by atoms with Crippen LogP contribution in [0.3, 0.4) is 0 Å². The molecule has 1 N–H and O–H groups in total. The van der Waals surface area contributed by atoms with Gasteiger partial charge in [0.2, 0.25) is 0 Å². The van der Waals surface area contributed by atoms with Gasteiger partial charge in [0.25, 0.3) is 0 Å². The summed E-state index contributed by atoms with van der Waals surface area (Å²) in [5, 5.41) is 6.21. The highest BCUT2D eigenvalue weighted by Gasteiger charge is 2.09. The van der Waals surface area contributed by atoms with E-state index in [2.05, 4.69) is 39.5 Å². The minimum absolute atomic E-state index is 0.400. The summed E-state index contributed by atoms with van der Waals surface area (Å²) in [6.45, 7) is 6.28. The van der Waals surface area contributed by atoms with Gasteiger partial charge in [-0.15, -0.1) is 11.3 Å². The smallest absolute Gasteiger partial charge is 0.137 e. The molecule has 0 saturated heterocycles. The lowest BCUT2D eigenvalue weighted by Gasteiger charge is -2.09. The zero-order valence-corrected chi connectivity index (χ0v) is 12.0. The minimum Gasteiger partial charge on any atom is -0.373 e.